The van der Waals surface area contributed by atoms with Crippen molar-refractivity contribution in [2.24, 2.45) is 0 Å². The smallest absolute Gasteiger partial charge is 0.155 e. The van der Waals surface area contributed by atoms with E-state index < -0.39 is 0 Å². The van der Waals surface area contributed by atoms with Gasteiger partial charge in [-0.05, 0) is 18.2 Å². The lowest BCUT2D eigenvalue weighted by Gasteiger charge is -2.11. The minimum atomic E-state index is 0.656. The fourth-order valence-corrected chi connectivity index (χ4v) is 3.15. The highest BCUT2D eigenvalue weighted by molar-refractivity contribution is 7.99. The van der Waals surface area contributed by atoms with Gasteiger partial charge in [-0.1, -0.05) is 0 Å². The lowest BCUT2D eigenvalue weighted by atomic mass is 10.2. The highest BCUT2D eigenvalue weighted by atomic mass is 32.2. The average Bonchev–Trinajstić information content (AvgIpc) is 2.97. The lowest BCUT2D eigenvalue weighted by Crippen LogP contribution is -2.28. The van der Waals surface area contributed by atoms with E-state index in [1.165, 1.54) is 23.6 Å². The van der Waals surface area contributed by atoms with E-state index in [4.69, 9.17) is 0 Å². The van der Waals surface area contributed by atoms with Crippen molar-refractivity contribution in [1.29, 1.82) is 0 Å². The van der Waals surface area contributed by atoms with Crippen LogP contribution in [0.2, 0.25) is 0 Å². The molecule has 0 saturated carbocycles. The number of aromatic nitrogens is 3. The Hall–Kier alpha value is -1.07. The van der Waals surface area contributed by atoms with Gasteiger partial charge in [0.15, 0.2) is 5.65 Å². The van der Waals surface area contributed by atoms with Gasteiger partial charge in [-0.2, -0.15) is 16.9 Å². The van der Waals surface area contributed by atoms with Crippen LogP contribution in [-0.2, 0) is 6.54 Å². The van der Waals surface area contributed by atoms with Crippen LogP contribution in [0.4, 0.5) is 0 Å². The molecule has 2 aromatic heterocycles. The first-order chi connectivity index (χ1) is 7.93. The summed E-state index contributed by atoms with van der Waals surface area (Å²) in [6, 6.07) is 4.60. The fourth-order valence-electron chi connectivity index (χ4n) is 1.96. The molecule has 1 aliphatic heterocycles. The summed E-state index contributed by atoms with van der Waals surface area (Å²) in [6.07, 6.45) is 4.91. The predicted molar refractivity (Wildman–Crippen MR) is 65.6 cm³/mol. The molecule has 84 valence electrons. The molecule has 1 fully saturated rings. The summed E-state index contributed by atoms with van der Waals surface area (Å²) in [5.74, 6) is 2.51. The van der Waals surface area contributed by atoms with Crippen molar-refractivity contribution in [2.75, 3.05) is 11.5 Å². The van der Waals surface area contributed by atoms with E-state index in [1.807, 2.05) is 34.6 Å². The average molecular weight is 234 g/mol. The Kier molecular flexibility index (Phi) is 2.80. The molecule has 1 unspecified atom stereocenters. The van der Waals surface area contributed by atoms with Crippen LogP contribution in [0.5, 0.6) is 0 Å². The number of nitrogens with zero attached hydrogens (tertiary/aromatic N) is 3. The summed E-state index contributed by atoms with van der Waals surface area (Å²) in [6.45, 7) is 0.867. The maximum Gasteiger partial charge on any atom is 0.155 e. The van der Waals surface area contributed by atoms with Gasteiger partial charge >= 0.3 is 0 Å². The van der Waals surface area contributed by atoms with Gasteiger partial charge in [-0.25, -0.2) is 9.50 Å². The van der Waals surface area contributed by atoms with Gasteiger partial charge in [-0.3, -0.25) is 0 Å². The van der Waals surface area contributed by atoms with Crippen molar-refractivity contribution < 1.29 is 0 Å². The van der Waals surface area contributed by atoms with Gasteiger partial charge in [0.05, 0.1) is 11.9 Å². The number of rotatable bonds is 3. The Bertz CT molecular complexity index is 476. The molecule has 0 aromatic carbocycles. The molecule has 0 radical (unpaired) electrons. The van der Waals surface area contributed by atoms with E-state index in [1.54, 1.807) is 6.20 Å². The third kappa shape index (κ3) is 1.92. The Morgan fingerprint density at radius 3 is 3.31 bits per heavy atom. The van der Waals surface area contributed by atoms with Crippen molar-refractivity contribution in [2.45, 2.75) is 19.0 Å². The first-order valence-electron chi connectivity index (χ1n) is 5.52. The zero-order valence-electron chi connectivity index (χ0n) is 8.97. The molecule has 2 aromatic rings. The van der Waals surface area contributed by atoms with Gasteiger partial charge < -0.3 is 5.32 Å². The summed E-state index contributed by atoms with van der Waals surface area (Å²) in [7, 11) is 0. The molecule has 3 heterocycles. The molecule has 0 bridgehead atoms. The minimum Gasteiger partial charge on any atom is -0.308 e. The second-order valence-corrected chi connectivity index (χ2v) is 5.13. The van der Waals surface area contributed by atoms with Crippen LogP contribution < -0.4 is 5.32 Å². The molecular formula is C11H14N4S. The lowest BCUT2D eigenvalue weighted by molar-refractivity contribution is 0.545. The van der Waals surface area contributed by atoms with Crippen LogP contribution in [0.1, 0.15) is 12.1 Å². The summed E-state index contributed by atoms with van der Waals surface area (Å²) < 4.78 is 1.90. The van der Waals surface area contributed by atoms with Crippen LogP contribution in [-0.4, -0.2) is 32.1 Å². The third-order valence-electron chi connectivity index (χ3n) is 2.87. The summed E-state index contributed by atoms with van der Waals surface area (Å²) >= 11 is 2.03. The molecule has 16 heavy (non-hydrogen) atoms. The maximum atomic E-state index is 4.27. The molecule has 4 nitrogen and oxygen atoms in total. The number of hydrogen-bond donors (Lipinski definition) is 1. The Labute approximate surface area is 98.4 Å². The van der Waals surface area contributed by atoms with Crippen molar-refractivity contribution in [1.82, 2.24) is 19.9 Å². The van der Waals surface area contributed by atoms with E-state index in [0.717, 1.165) is 12.2 Å². The van der Waals surface area contributed by atoms with Crippen LogP contribution in [0, 0.1) is 0 Å². The van der Waals surface area contributed by atoms with Crippen LogP contribution >= 0.6 is 11.8 Å². The molecule has 1 aliphatic rings. The third-order valence-corrected chi connectivity index (χ3v) is 4.03. The van der Waals surface area contributed by atoms with E-state index in [2.05, 4.69) is 15.4 Å². The van der Waals surface area contributed by atoms with Gasteiger partial charge in [0, 0.05) is 30.6 Å². The summed E-state index contributed by atoms with van der Waals surface area (Å²) in [5.41, 5.74) is 2.09. The zero-order valence-corrected chi connectivity index (χ0v) is 9.78. The predicted octanol–water partition coefficient (Wildman–Crippen LogP) is 1.32. The Morgan fingerprint density at radius 2 is 2.44 bits per heavy atom. The van der Waals surface area contributed by atoms with Crippen molar-refractivity contribution in [3.63, 3.8) is 0 Å². The van der Waals surface area contributed by atoms with Crippen LogP contribution in [0.15, 0.2) is 24.5 Å². The molecular weight excluding hydrogens is 220 g/mol. The molecule has 3 rings (SSSR count). The SMILES string of the molecule is c1cc(CNC2CCSC2)n2nccc2n1. The first-order valence-corrected chi connectivity index (χ1v) is 6.68. The second-order valence-electron chi connectivity index (χ2n) is 3.98. The van der Waals surface area contributed by atoms with Crippen LogP contribution in [0.3, 0.4) is 0 Å². The summed E-state index contributed by atoms with van der Waals surface area (Å²) in [5, 5.41) is 7.84. The highest BCUT2D eigenvalue weighted by Crippen LogP contribution is 2.17. The molecule has 0 spiro atoms. The Morgan fingerprint density at radius 1 is 1.44 bits per heavy atom. The monoisotopic (exact) mass is 234 g/mol. The number of hydrogen-bond acceptors (Lipinski definition) is 4. The molecule has 1 N–H and O–H groups in total. The van der Waals surface area contributed by atoms with Crippen molar-refractivity contribution in [3.8, 4) is 0 Å². The highest BCUT2D eigenvalue weighted by Gasteiger charge is 2.14. The van der Waals surface area contributed by atoms with Gasteiger partial charge in [0.1, 0.15) is 0 Å². The topological polar surface area (TPSA) is 42.2 Å². The minimum absolute atomic E-state index is 0.656. The van der Waals surface area contributed by atoms with Crippen molar-refractivity contribution >= 4 is 17.4 Å². The zero-order chi connectivity index (χ0) is 10.8. The van der Waals surface area contributed by atoms with Gasteiger partial charge in [-0.15, -0.1) is 0 Å². The van der Waals surface area contributed by atoms with Crippen molar-refractivity contribution in [3.05, 3.63) is 30.2 Å². The quantitative estimate of drug-likeness (QED) is 0.870. The standard InChI is InChI=1S/C11H14N4S/c1-4-12-11-2-5-14-15(11)10(1)7-13-9-3-6-16-8-9/h1-2,4-5,9,13H,3,6-8H2. The van der Waals surface area contributed by atoms with E-state index in [-0.39, 0.29) is 0 Å². The number of thioether (sulfide) groups is 1. The number of nitrogens with one attached hydrogen (secondary N) is 1. The van der Waals surface area contributed by atoms with Gasteiger partial charge in [0.2, 0.25) is 0 Å². The maximum absolute atomic E-state index is 4.27. The van der Waals surface area contributed by atoms with Crippen LogP contribution in [0.25, 0.3) is 5.65 Å². The second kappa shape index (κ2) is 4.43. The largest absolute Gasteiger partial charge is 0.308 e. The molecule has 1 atom stereocenters. The molecule has 0 aliphatic carbocycles. The molecule has 1 saturated heterocycles. The normalized spacial score (nSPS) is 20.6. The number of fused-ring (bicyclic) bond motifs is 1. The molecule has 0 amide bonds. The summed E-state index contributed by atoms with van der Waals surface area (Å²) in [4.78, 5) is 4.25. The first kappa shape index (κ1) is 10.1. The van der Waals surface area contributed by atoms with Gasteiger partial charge in [0.25, 0.3) is 0 Å². The fraction of sp³-hybridized carbons (Fsp3) is 0.455. The van der Waals surface area contributed by atoms with E-state index in [0.29, 0.717) is 6.04 Å². The Balaban J connectivity index is 1.75. The van der Waals surface area contributed by atoms with E-state index in [9.17, 15) is 0 Å². The molecule has 5 heteroatoms. The van der Waals surface area contributed by atoms with E-state index >= 15 is 0 Å².